The Hall–Kier alpha value is -1.36. The zero-order valence-electron chi connectivity index (χ0n) is 12.9. The lowest BCUT2D eigenvalue weighted by atomic mass is 9.93. The number of primary amides is 1. The van der Waals surface area contributed by atoms with Crippen molar-refractivity contribution in [2.45, 2.75) is 45.4 Å². The molecule has 1 aromatic heterocycles. The highest BCUT2D eigenvalue weighted by atomic mass is 35.5. The van der Waals surface area contributed by atoms with Crippen LogP contribution in [0.5, 0.6) is 0 Å². The van der Waals surface area contributed by atoms with E-state index in [9.17, 15) is 4.79 Å². The van der Waals surface area contributed by atoms with Gasteiger partial charge < -0.3 is 10.6 Å². The Kier molecular flexibility index (Phi) is 4.71. The van der Waals surface area contributed by atoms with Crippen LogP contribution in [-0.4, -0.2) is 29.0 Å². The van der Waals surface area contributed by atoms with E-state index in [0.29, 0.717) is 17.5 Å². The van der Waals surface area contributed by atoms with E-state index >= 15 is 0 Å². The molecular weight excluding hydrogens is 288 g/mol. The highest BCUT2D eigenvalue weighted by Crippen LogP contribution is 2.27. The average Bonchev–Trinajstić information content (AvgIpc) is 2.37. The fourth-order valence-electron chi connectivity index (χ4n) is 2.55. The van der Waals surface area contributed by atoms with Crippen LogP contribution >= 0.6 is 11.6 Å². The van der Waals surface area contributed by atoms with Crippen molar-refractivity contribution in [3.05, 3.63) is 17.0 Å². The van der Waals surface area contributed by atoms with Gasteiger partial charge in [0.05, 0.1) is 0 Å². The second kappa shape index (κ2) is 6.18. The van der Waals surface area contributed by atoms with E-state index < -0.39 is 0 Å². The van der Waals surface area contributed by atoms with Crippen LogP contribution in [0.4, 0.5) is 5.82 Å². The third-order valence-electron chi connectivity index (χ3n) is 3.78. The van der Waals surface area contributed by atoms with E-state index in [1.54, 1.807) is 0 Å². The predicted molar refractivity (Wildman–Crippen MR) is 84.5 cm³/mol. The number of carbonyl (C=O) groups is 1. The molecule has 6 heteroatoms. The number of hydrogen-bond donors (Lipinski definition) is 1. The van der Waals surface area contributed by atoms with Crippen LogP contribution in [0.2, 0.25) is 5.15 Å². The molecule has 0 spiro atoms. The molecule has 0 bridgehead atoms. The third-order valence-corrected chi connectivity index (χ3v) is 3.97. The number of piperidine rings is 1. The molecule has 1 aliphatic rings. The number of halogens is 1. The van der Waals surface area contributed by atoms with Crippen LogP contribution in [0.1, 0.15) is 45.9 Å². The molecule has 1 aromatic rings. The monoisotopic (exact) mass is 310 g/mol. The Morgan fingerprint density at radius 1 is 1.38 bits per heavy atom. The van der Waals surface area contributed by atoms with Gasteiger partial charge in [-0.05, 0) is 18.8 Å². The predicted octanol–water partition coefficient (Wildman–Crippen LogP) is 2.52. The quantitative estimate of drug-likeness (QED) is 0.871. The Morgan fingerprint density at radius 3 is 2.52 bits per heavy atom. The van der Waals surface area contributed by atoms with Crippen LogP contribution < -0.4 is 10.6 Å². The van der Waals surface area contributed by atoms with Crippen LogP contribution in [0.25, 0.3) is 0 Å². The van der Waals surface area contributed by atoms with E-state index in [2.05, 4.69) is 35.6 Å². The van der Waals surface area contributed by atoms with Gasteiger partial charge in [0.2, 0.25) is 5.91 Å². The molecule has 0 aromatic carbocycles. The second-order valence-electron chi connectivity index (χ2n) is 6.72. The number of nitrogens with two attached hydrogens (primary N) is 1. The van der Waals surface area contributed by atoms with Crippen molar-refractivity contribution in [2.75, 3.05) is 18.0 Å². The number of nitrogens with zero attached hydrogens (tertiary/aromatic N) is 3. The van der Waals surface area contributed by atoms with Crippen molar-refractivity contribution in [3.8, 4) is 0 Å². The van der Waals surface area contributed by atoms with Crippen molar-refractivity contribution >= 4 is 23.3 Å². The molecule has 2 rings (SSSR count). The molecule has 0 radical (unpaired) electrons. The summed E-state index contributed by atoms with van der Waals surface area (Å²) in [5.41, 5.74) is 5.13. The molecule has 5 nitrogen and oxygen atoms in total. The summed E-state index contributed by atoms with van der Waals surface area (Å²) >= 11 is 6.13. The SMILES string of the molecule is CC(C)(C)c1nc(Cl)cc(N2CCC(CC(N)=O)CC2)n1. The first-order valence-electron chi connectivity index (χ1n) is 7.34. The molecule has 0 aliphatic carbocycles. The van der Waals surface area contributed by atoms with Crippen LogP contribution in [0.3, 0.4) is 0 Å². The van der Waals surface area contributed by atoms with E-state index in [4.69, 9.17) is 17.3 Å². The fourth-order valence-corrected chi connectivity index (χ4v) is 2.73. The molecule has 0 saturated carbocycles. The first-order chi connectivity index (χ1) is 9.75. The van der Waals surface area contributed by atoms with Crippen molar-refractivity contribution in [1.29, 1.82) is 0 Å². The van der Waals surface area contributed by atoms with Gasteiger partial charge in [-0.3, -0.25) is 4.79 Å². The molecule has 116 valence electrons. The minimum absolute atomic E-state index is 0.135. The topological polar surface area (TPSA) is 72.1 Å². The van der Waals surface area contributed by atoms with Crippen LogP contribution in [0.15, 0.2) is 6.07 Å². The summed E-state index contributed by atoms with van der Waals surface area (Å²) in [6.45, 7) is 7.95. The normalized spacial score (nSPS) is 17.0. The summed E-state index contributed by atoms with van der Waals surface area (Å²) in [5.74, 6) is 1.80. The lowest BCUT2D eigenvalue weighted by Gasteiger charge is -2.33. The molecule has 0 unspecified atom stereocenters. The van der Waals surface area contributed by atoms with Gasteiger partial charge in [-0.25, -0.2) is 9.97 Å². The zero-order chi connectivity index (χ0) is 15.6. The fraction of sp³-hybridized carbons (Fsp3) is 0.667. The second-order valence-corrected chi connectivity index (χ2v) is 7.11. The number of anilines is 1. The van der Waals surface area contributed by atoms with E-state index in [1.807, 2.05) is 6.07 Å². The molecule has 1 saturated heterocycles. The van der Waals surface area contributed by atoms with E-state index in [0.717, 1.165) is 37.6 Å². The van der Waals surface area contributed by atoms with Gasteiger partial charge in [-0.15, -0.1) is 0 Å². The molecule has 2 heterocycles. The first-order valence-corrected chi connectivity index (χ1v) is 7.72. The summed E-state index contributed by atoms with van der Waals surface area (Å²) in [5, 5.41) is 0.476. The van der Waals surface area contributed by atoms with Crippen LogP contribution in [-0.2, 0) is 10.2 Å². The third kappa shape index (κ3) is 4.30. The molecule has 1 aliphatic heterocycles. The van der Waals surface area contributed by atoms with Crippen molar-refractivity contribution in [1.82, 2.24) is 9.97 Å². The van der Waals surface area contributed by atoms with Crippen LogP contribution in [0, 0.1) is 5.92 Å². The molecular formula is C15H23ClN4O. The van der Waals surface area contributed by atoms with Crippen molar-refractivity contribution in [3.63, 3.8) is 0 Å². The largest absolute Gasteiger partial charge is 0.370 e. The van der Waals surface area contributed by atoms with Gasteiger partial charge in [0, 0.05) is 31.0 Å². The maximum absolute atomic E-state index is 11.0. The van der Waals surface area contributed by atoms with E-state index in [-0.39, 0.29) is 11.3 Å². The van der Waals surface area contributed by atoms with Gasteiger partial charge in [-0.1, -0.05) is 32.4 Å². The van der Waals surface area contributed by atoms with Gasteiger partial charge in [0.1, 0.15) is 16.8 Å². The van der Waals surface area contributed by atoms with Gasteiger partial charge in [-0.2, -0.15) is 0 Å². The Balaban J connectivity index is 2.10. The van der Waals surface area contributed by atoms with Gasteiger partial charge in [0.15, 0.2) is 0 Å². The van der Waals surface area contributed by atoms with E-state index in [1.165, 1.54) is 0 Å². The number of hydrogen-bond acceptors (Lipinski definition) is 4. The zero-order valence-corrected chi connectivity index (χ0v) is 13.7. The number of carbonyl (C=O) groups excluding carboxylic acids is 1. The van der Waals surface area contributed by atoms with Gasteiger partial charge in [0.25, 0.3) is 0 Å². The standard InChI is InChI=1S/C15H23ClN4O/c1-15(2,3)14-18-11(16)9-13(19-14)20-6-4-10(5-7-20)8-12(17)21/h9-10H,4-8H2,1-3H3,(H2,17,21). The number of aromatic nitrogens is 2. The summed E-state index contributed by atoms with van der Waals surface area (Å²) in [6.07, 6.45) is 2.39. The highest BCUT2D eigenvalue weighted by molar-refractivity contribution is 6.29. The molecule has 2 N–H and O–H groups in total. The lowest BCUT2D eigenvalue weighted by Crippen LogP contribution is -2.36. The lowest BCUT2D eigenvalue weighted by molar-refractivity contribution is -0.119. The Labute approximate surface area is 130 Å². The minimum Gasteiger partial charge on any atom is -0.370 e. The molecule has 0 atom stereocenters. The van der Waals surface area contributed by atoms with Gasteiger partial charge >= 0.3 is 0 Å². The summed E-state index contributed by atoms with van der Waals surface area (Å²) in [4.78, 5) is 22.2. The maximum atomic E-state index is 11.0. The van der Waals surface area contributed by atoms with Crippen molar-refractivity contribution < 1.29 is 4.79 Å². The summed E-state index contributed by atoms with van der Waals surface area (Å²) in [6, 6.07) is 1.81. The molecule has 1 amide bonds. The molecule has 21 heavy (non-hydrogen) atoms. The summed E-state index contributed by atoms with van der Waals surface area (Å²) < 4.78 is 0. The number of amides is 1. The number of rotatable bonds is 3. The smallest absolute Gasteiger partial charge is 0.217 e. The Bertz CT molecular complexity index is 519. The molecule has 1 fully saturated rings. The summed E-state index contributed by atoms with van der Waals surface area (Å²) in [7, 11) is 0. The minimum atomic E-state index is -0.214. The highest BCUT2D eigenvalue weighted by Gasteiger charge is 2.24. The average molecular weight is 311 g/mol. The van der Waals surface area contributed by atoms with Crippen molar-refractivity contribution in [2.24, 2.45) is 11.7 Å². The Morgan fingerprint density at radius 2 is 2.00 bits per heavy atom. The maximum Gasteiger partial charge on any atom is 0.217 e. The first kappa shape index (κ1) is 16.0.